The van der Waals surface area contributed by atoms with Crippen LogP contribution in [0.25, 0.3) is 0 Å². The van der Waals surface area contributed by atoms with Crippen LogP contribution in [0.2, 0.25) is 0 Å². The van der Waals surface area contributed by atoms with Crippen molar-refractivity contribution in [1.29, 1.82) is 0 Å². The molecule has 3 aliphatic rings. The largest absolute Gasteiger partial charge is 0.357 e. The van der Waals surface area contributed by atoms with E-state index < -0.39 is 0 Å². The summed E-state index contributed by atoms with van der Waals surface area (Å²) in [5.74, 6) is 3.12. The molecule has 1 N–H and O–H groups in total. The summed E-state index contributed by atoms with van der Waals surface area (Å²) in [6, 6.07) is 2.99. The number of pyridine rings is 1. The third-order valence-electron chi connectivity index (χ3n) is 6.90. The van der Waals surface area contributed by atoms with Gasteiger partial charge in [0.1, 0.15) is 0 Å². The Bertz CT molecular complexity index is 656. The number of piperazine rings is 1. The van der Waals surface area contributed by atoms with Crippen molar-refractivity contribution in [3.05, 3.63) is 29.6 Å². The number of nitrogens with zero attached hydrogens (tertiary/aromatic N) is 4. The summed E-state index contributed by atoms with van der Waals surface area (Å²) in [5.41, 5.74) is 2.61. The predicted octanol–water partition coefficient (Wildman–Crippen LogP) is 3.32. The quantitative estimate of drug-likeness (QED) is 0.385. The molecule has 3 fully saturated rings. The average molecular weight is 497 g/mol. The minimum atomic E-state index is 0. The predicted molar refractivity (Wildman–Crippen MR) is 126 cm³/mol. The van der Waals surface area contributed by atoms with Gasteiger partial charge < -0.3 is 10.2 Å². The van der Waals surface area contributed by atoms with Crippen LogP contribution in [-0.4, -0.2) is 66.1 Å². The zero-order chi connectivity index (χ0) is 18.6. The number of fused-ring (bicyclic) bond motifs is 2. The number of guanidine groups is 1. The zero-order valence-corrected chi connectivity index (χ0v) is 19.8. The van der Waals surface area contributed by atoms with Crippen molar-refractivity contribution >= 4 is 29.9 Å². The maximum Gasteiger partial charge on any atom is 0.194 e. The molecule has 6 heteroatoms. The Morgan fingerprint density at radius 2 is 2.04 bits per heavy atom. The summed E-state index contributed by atoms with van der Waals surface area (Å²) >= 11 is 0. The molecule has 1 aromatic rings. The molecule has 2 saturated carbocycles. The minimum absolute atomic E-state index is 0. The SMILES string of the molecule is CCNC(=NCCc1ccncc1C)N1CCN(C2CC3CCC2C3)CC1.I. The third-order valence-corrected chi connectivity index (χ3v) is 6.90. The number of hydrogen-bond donors (Lipinski definition) is 1. The van der Waals surface area contributed by atoms with Crippen molar-refractivity contribution in [2.75, 3.05) is 39.3 Å². The Morgan fingerprint density at radius 3 is 2.68 bits per heavy atom. The fourth-order valence-electron chi connectivity index (χ4n) is 5.41. The molecule has 2 aliphatic carbocycles. The molecule has 1 aliphatic heterocycles. The Hall–Kier alpha value is -0.890. The van der Waals surface area contributed by atoms with E-state index in [1.165, 1.54) is 49.9 Å². The minimum Gasteiger partial charge on any atom is -0.357 e. The Balaban J connectivity index is 0.00000225. The summed E-state index contributed by atoms with van der Waals surface area (Å²) in [6.07, 6.45) is 10.7. The zero-order valence-electron chi connectivity index (χ0n) is 17.4. The lowest BCUT2D eigenvalue weighted by Crippen LogP contribution is -2.55. The van der Waals surface area contributed by atoms with Gasteiger partial charge in [0.2, 0.25) is 0 Å². The Morgan fingerprint density at radius 1 is 1.21 bits per heavy atom. The number of halogens is 1. The summed E-state index contributed by atoms with van der Waals surface area (Å²) in [7, 11) is 0. The molecule has 0 radical (unpaired) electrons. The Kier molecular flexibility index (Phi) is 7.97. The highest BCUT2D eigenvalue weighted by Crippen LogP contribution is 2.46. The van der Waals surface area contributed by atoms with Gasteiger partial charge in [0, 0.05) is 57.7 Å². The van der Waals surface area contributed by atoms with Gasteiger partial charge in [-0.3, -0.25) is 14.9 Å². The van der Waals surface area contributed by atoms with Crippen molar-refractivity contribution in [3.8, 4) is 0 Å². The smallest absolute Gasteiger partial charge is 0.194 e. The topological polar surface area (TPSA) is 43.8 Å². The first kappa shape index (κ1) is 21.8. The van der Waals surface area contributed by atoms with Gasteiger partial charge in [-0.2, -0.15) is 0 Å². The van der Waals surface area contributed by atoms with E-state index in [1.807, 2.05) is 12.4 Å². The molecule has 3 unspecified atom stereocenters. The first-order chi connectivity index (χ1) is 13.2. The first-order valence-electron chi connectivity index (χ1n) is 10.9. The second-order valence-electron chi connectivity index (χ2n) is 8.55. The van der Waals surface area contributed by atoms with Crippen LogP contribution in [0, 0.1) is 18.8 Å². The van der Waals surface area contributed by atoms with Crippen LogP contribution in [0.3, 0.4) is 0 Å². The monoisotopic (exact) mass is 497 g/mol. The van der Waals surface area contributed by atoms with Crippen molar-refractivity contribution < 1.29 is 0 Å². The van der Waals surface area contributed by atoms with E-state index >= 15 is 0 Å². The molecule has 1 saturated heterocycles. The van der Waals surface area contributed by atoms with Crippen LogP contribution in [0.1, 0.15) is 43.7 Å². The lowest BCUT2D eigenvalue weighted by Gasteiger charge is -2.42. The first-order valence-corrected chi connectivity index (χ1v) is 10.9. The summed E-state index contributed by atoms with van der Waals surface area (Å²) in [4.78, 5) is 14.4. The van der Waals surface area contributed by atoms with E-state index in [2.05, 4.69) is 40.0 Å². The second-order valence-corrected chi connectivity index (χ2v) is 8.55. The standard InChI is InChI=1S/C22H35N5.HI/c1-3-24-22(25-9-7-19-6-8-23-16-17(19)2)27-12-10-26(11-13-27)21-15-18-4-5-20(21)14-18;/h6,8,16,18,20-21H,3-5,7,9-15H2,1-2H3,(H,24,25);1H. The van der Waals surface area contributed by atoms with Crippen molar-refractivity contribution in [3.63, 3.8) is 0 Å². The van der Waals surface area contributed by atoms with Crippen LogP contribution in [0.15, 0.2) is 23.5 Å². The maximum atomic E-state index is 4.93. The molecule has 5 nitrogen and oxygen atoms in total. The van der Waals surface area contributed by atoms with Crippen LogP contribution < -0.4 is 5.32 Å². The van der Waals surface area contributed by atoms with Crippen molar-refractivity contribution in [1.82, 2.24) is 20.1 Å². The normalized spacial score (nSPS) is 27.7. The van der Waals surface area contributed by atoms with E-state index in [1.54, 1.807) is 0 Å². The van der Waals surface area contributed by atoms with E-state index in [0.717, 1.165) is 56.4 Å². The van der Waals surface area contributed by atoms with Gasteiger partial charge >= 0.3 is 0 Å². The van der Waals surface area contributed by atoms with Gasteiger partial charge in [-0.15, -0.1) is 24.0 Å². The highest BCUT2D eigenvalue weighted by atomic mass is 127. The number of rotatable bonds is 5. The number of aryl methyl sites for hydroxylation is 1. The van der Waals surface area contributed by atoms with Gasteiger partial charge in [-0.05, 0) is 68.6 Å². The van der Waals surface area contributed by atoms with Gasteiger partial charge in [-0.25, -0.2) is 0 Å². The second kappa shape index (κ2) is 10.2. The molecular formula is C22H36IN5. The van der Waals surface area contributed by atoms with E-state index in [-0.39, 0.29) is 24.0 Å². The summed E-state index contributed by atoms with van der Waals surface area (Å²) in [5, 5.41) is 3.51. The van der Waals surface area contributed by atoms with Crippen molar-refractivity contribution in [2.45, 2.75) is 52.0 Å². The molecule has 0 amide bonds. The molecule has 28 heavy (non-hydrogen) atoms. The van der Waals surface area contributed by atoms with E-state index in [9.17, 15) is 0 Å². The molecule has 0 spiro atoms. The fourth-order valence-corrected chi connectivity index (χ4v) is 5.41. The number of aliphatic imine (C=N–C) groups is 1. The fraction of sp³-hybridized carbons (Fsp3) is 0.727. The van der Waals surface area contributed by atoms with Gasteiger partial charge in [0.05, 0.1) is 0 Å². The van der Waals surface area contributed by atoms with Crippen LogP contribution in [-0.2, 0) is 6.42 Å². The molecule has 2 bridgehead atoms. The molecule has 156 valence electrons. The maximum absolute atomic E-state index is 4.93. The molecule has 1 aromatic heterocycles. The molecule has 2 heterocycles. The van der Waals surface area contributed by atoms with E-state index in [0.29, 0.717) is 0 Å². The number of aromatic nitrogens is 1. The van der Waals surface area contributed by atoms with Crippen LogP contribution in [0.5, 0.6) is 0 Å². The van der Waals surface area contributed by atoms with E-state index in [4.69, 9.17) is 4.99 Å². The molecule has 4 rings (SSSR count). The van der Waals surface area contributed by atoms with Crippen LogP contribution >= 0.6 is 24.0 Å². The highest BCUT2D eigenvalue weighted by molar-refractivity contribution is 14.0. The average Bonchev–Trinajstić information content (AvgIpc) is 3.32. The number of nitrogens with one attached hydrogen (secondary N) is 1. The molecular weight excluding hydrogens is 461 g/mol. The molecule has 0 aromatic carbocycles. The van der Waals surface area contributed by atoms with Gasteiger partial charge in [-0.1, -0.05) is 6.42 Å². The third kappa shape index (κ3) is 4.99. The Labute approximate surface area is 187 Å². The lowest BCUT2D eigenvalue weighted by molar-refractivity contribution is 0.0958. The molecule has 3 atom stereocenters. The van der Waals surface area contributed by atoms with Crippen LogP contribution in [0.4, 0.5) is 0 Å². The summed E-state index contributed by atoms with van der Waals surface area (Å²) in [6.45, 7) is 10.7. The lowest BCUT2D eigenvalue weighted by atomic mass is 9.93. The van der Waals surface area contributed by atoms with Gasteiger partial charge in [0.15, 0.2) is 5.96 Å². The van der Waals surface area contributed by atoms with Crippen molar-refractivity contribution in [2.24, 2.45) is 16.8 Å². The van der Waals surface area contributed by atoms with Gasteiger partial charge in [0.25, 0.3) is 0 Å². The summed E-state index contributed by atoms with van der Waals surface area (Å²) < 4.78 is 0. The number of hydrogen-bond acceptors (Lipinski definition) is 3. The highest BCUT2D eigenvalue weighted by Gasteiger charge is 2.42.